The van der Waals surface area contributed by atoms with Crippen molar-refractivity contribution < 1.29 is 4.79 Å². The Labute approximate surface area is 151 Å². The number of hydrogen-bond acceptors (Lipinski definition) is 3. The fourth-order valence-electron chi connectivity index (χ4n) is 2.78. The van der Waals surface area contributed by atoms with Gasteiger partial charge in [0.2, 0.25) is 5.78 Å². The standard InChI is InChI=1S/C19H11BrN4O/c20-13-5-6-18-23-9-14(24(18)11-13)7-12(8-21)19(25)16-10-22-17-4-2-1-3-15(16)17/h1-7,9-11,22H. The summed E-state index contributed by atoms with van der Waals surface area (Å²) in [5, 5.41) is 10.3. The van der Waals surface area contributed by atoms with Gasteiger partial charge in [-0.05, 0) is 40.2 Å². The Hall–Kier alpha value is -3.17. The summed E-state index contributed by atoms with van der Waals surface area (Å²) in [7, 11) is 0. The quantitative estimate of drug-likeness (QED) is 0.320. The number of aromatic nitrogens is 3. The summed E-state index contributed by atoms with van der Waals surface area (Å²) in [6, 6.07) is 13.3. The lowest BCUT2D eigenvalue weighted by molar-refractivity contribution is 0.104. The number of allylic oxidation sites excluding steroid dienone is 1. The molecule has 4 aromatic rings. The molecule has 0 aliphatic rings. The molecule has 0 aliphatic heterocycles. The number of benzene rings is 1. The van der Waals surface area contributed by atoms with Crippen LogP contribution in [0, 0.1) is 11.3 Å². The van der Waals surface area contributed by atoms with Crippen LogP contribution in [0.1, 0.15) is 16.1 Å². The van der Waals surface area contributed by atoms with E-state index in [1.54, 1.807) is 18.5 Å². The Kier molecular flexibility index (Phi) is 3.71. The van der Waals surface area contributed by atoms with Gasteiger partial charge in [-0.2, -0.15) is 5.26 Å². The van der Waals surface area contributed by atoms with E-state index in [9.17, 15) is 10.1 Å². The van der Waals surface area contributed by atoms with Gasteiger partial charge in [-0.25, -0.2) is 4.98 Å². The largest absolute Gasteiger partial charge is 0.360 e. The second kappa shape index (κ2) is 6.04. The van der Waals surface area contributed by atoms with Crippen molar-refractivity contribution in [3.8, 4) is 6.07 Å². The third-order valence-electron chi connectivity index (χ3n) is 3.99. The number of pyridine rings is 1. The van der Waals surface area contributed by atoms with E-state index in [-0.39, 0.29) is 11.4 Å². The summed E-state index contributed by atoms with van der Waals surface area (Å²) in [6.07, 6.45) is 6.70. The van der Waals surface area contributed by atoms with E-state index in [2.05, 4.69) is 25.9 Å². The molecule has 0 saturated heterocycles. The number of nitrogens with zero attached hydrogens (tertiary/aromatic N) is 3. The van der Waals surface area contributed by atoms with Crippen LogP contribution in [0.25, 0.3) is 22.6 Å². The van der Waals surface area contributed by atoms with E-state index < -0.39 is 0 Å². The molecule has 0 radical (unpaired) electrons. The van der Waals surface area contributed by atoms with E-state index in [1.807, 2.05) is 53.1 Å². The molecule has 0 unspecified atom stereocenters. The minimum atomic E-state index is -0.315. The first-order valence-electron chi connectivity index (χ1n) is 7.52. The molecule has 3 aromatic heterocycles. The van der Waals surface area contributed by atoms with E-state index in [0.717, 1.165) is 21.0 Å². The predicted octanol–water partition coefficient (Wildman–Crippen LogP) is 4.37. The van der Waals surface area contributed by atoms with Gasteiger partial charge in [-0.3, -0.25) is 9.20 Å². The summed E-state index contributed by atoms with van der Waals surface area (Å²) >= 11 is 3.42. The van der Waals surface area contributed by atoms with Crippen LogP contribution in [0.5, 0.6) is 0 Å². The zero-order chi connectivity index (χ0) is 17.4. The van der Waals surface area contributed by atoms with E-state index >= 15 is 0 Å². The zero-order valence-electron chi connectivity index (χ0n) is 12.9. The first-order valence-corrected chi connectivity index (χ1v) is 8.32. The van der Waals surface area contributed by atoms with Crippen molar-refractivity contribution in [1.82, 2.24) is 14.4 Å². The topological polar surface area (TPSA) is 74.0 Å². The lowest BCUT2D eigenvalue weighted by Crippen LogP contribution is -2.01. The second-order valence-electron chi connectivity index (χ2n) is 5.51. The van der Waals surface area contributed by atoms with Gasteiger partial charge in [0, 0.05) is 33.3 Å². The van der Waals surface area contributed by atoms with Crippen LogP contribution in [0.4, 0.5) is 0 Å². The molecule has 0 atom stereocenters. The highest BCUT2D eigenvalue weighted by atomic mass is 79.9. The normalized spacial score (nSPS) is 11.8. The maximum Gasteiger partial charge on any atom is 0.205 e. The van der Waals surface area contributed by atoms with E-state index in [1.165, 1.54) is 0 Å². The summed E-state index contributed by atoms with van der Waals surface area (Å²) < 4.78 is 2.71. The van der Waals surface area contributed by atoms with Crippen molar-refractivity contribution in [2.75, 3.05) is 0 Å². The Morgan fingerprint density at radius 2 is 2.12 bits per heavy atom. The van der Waals surface area contributed by atoms with Crippen molar-refractivity contribution in [3.63, 3.8) is 0 Å². The Morgan fingerprint density at radius 3 is 2.96 bits per heavy atom. The van der Waals surface area contributed by atoms with Crippen LogP contribution in [0.3, 0.4) is 0 Å². The molecule has 6 heteroatoms. The number of imidazole rings is 1. The lowest BCUT2D eigenvalue weighted by atomic mass is 10.0. The molecule has 0 spiro atoms. The lowest BCUT2D eigenvalue weighted by Gasteiger charge is -2.00. The number of H-pyrrole nitrogens is 1. The number of nitrogens with one attached hydrogen (secondary N) is 1. The first kappa shape index (κ1) is 15.4. The summed E-state index contributed by atoms with van der Waals surface area (Å²) in [4.78, 5) is 20.2. The van der Waals surface area contributed by atoms with Crippen molar-refractivity contribution in [2.45, 2.75) is 0 Å². The van der Waals surface area contributed by atoms with Crippen molar-refractivity contribution in [3.05, 3.63) is 76.3 Å². The number of rotatable bonds is 3. The molecule has 1 N–H and O–H groups in total. The summed E-state index contributed by atoms with van der Waals surface area (Å²) in [5.74, 6) is -0.315. The third-order valence-corrected chi connectivity index (χ3v) is 4.46. The molecule has 4 rings (SSSR count). The van der Waals surface area contributed by atoms with Crippen LogP contribution in [-0.4, -0.2) is 20.2 Å². The Bertz CT molecular complexity index is 1190. The van der Waals surface area contributed by atoms with Gasteiger partial charge in [0.05, 0.1) is 11.9 Å². The number of para-hydroxylation sites is 1. The molecule has 0 amide bonds. The molecular formula is C19H11BrN4O. The molecule has 25 heavy (non-hydrogen) atoms. The molecule has 3 heterocycles. The highest BCUT2D eigenvalue weighted by Crippen LogP contribution is 2.22. The average molecular weight is 391 g/mol. The van der Waals surface area contributed by atoms with Gasteiger partial charge < -0.3 is 4.98 Å². The minimum absolute atomic E-state index is 0.0616. The molecule has 120 valence electrons. The van der Waals surface area contributed by atoms with Crippen LogP contribution in [0.15, 0.2) is 65.0 Å². The fraction of sp³-hybridized carbons (Fsp3) is 0. The number of carbonyl (C=O) groups is 1. The number of ketones is 1. The van der Waals surface area contributed by atoms with Gasteiger partial charge in [0.1, 0.15) is 17.3 Å². The Morgan fingerprint density at radius 1 is 1.28 bits per heavy atom. The fourth-order valence-corrected chi connectivity index (χ4v) is 3.12. The molecule has 0 bridgehead atoms. The molecule has 0 fully saturated rings. The number of nitriles is 1. The van der Waals surface area contributed by atoms with Gasteiger partial charge >= 0.3 is 0 Å². The Balaban J connectivity index is 1.81. The number of aromatic amines is 1. The smallest absolute Gasteiger partial charge is 0.205 e. The maximum absolute atomic E-state index is 12.8. The van der Waals surface area contributed by atoms with E-state index in [0.29, 0.717) is 11.3 Å². The third kappa shape index (κ3) is 2.65. The number of hydrogen-bond donors (Lipinski definition) is 1. The first-order chi connectivity index (χ1) is 12.2. The van der Waals surface area contributed by atoms with Crippen molar-refractivity contribution in [1.29, 1.82) is 5.26 Å². The molecular weight excluding hydrogens is 380 g/mol. The molecule has 1 aromatic carbocycles. The SMILES string of the molecule is N#CC(=Cc1cnc2ccc(Br)cn12)C(=O)c1c[nH]c2ccccc12. The number of halogens is 1. The van der Waals surface area contributed by atoms with Crippen molar-refractivity contribution >= 4 is 44.3 Å². The van der Waals surface area contributed by atoms with Crippen LogP contribution >= 0.6 is 15.9 Å². The van der Waals surface area contributed by atoms with Crippen LogP contribution < -0.4 is 0 Å². The monoisotopic (exact) mass is 390 g/mol. The molecule has 5 nitrogen and oxygen atoms in total. The zero-order valence-corrected chi connectivity index (χ0v) is 14.5. The maximum atomic E-state index is 12.8. The molecule has 0 saturated carbocycles. The average Bonchev–Trinajstić information content (AvgIpc) is 3.23. The second-order valence-corrected chi connectivity index (χ2v) is 6.42. The van der Waals surface area contributed by atoms with Crippen molar-refractivity contribution in [2.24, 2.45) is 0 Å². The predicted molar refractivity (Wildman–Crippen MR) is 99.1 cm³/mol. The number of Topliss-reactive ketones (excluding diaryl/α,β-unsaturated/α-hetero) is 1. The highest BCUT2D eigenvalue weighted by molar-refractivity contribution is 9.10. The summed E-state index contributed by atoms with van der Waals surface area (Å²) in [6.45, 7) is 0. The van der Waals surface area contributed by atoms with Gasteiger partial charge in [-0.1, -0.05) is 18.2 Å². The van der Waals surface area contributed by atoms with E-state index in [4.69, 9.17) is 0 Å². The van der Waals surface area contributed by atoms with Crippen LogP contribution in [-0.2, 0) is 0 Å². The minimum Gasteiger partial charge on any atom is -0.360 e. The molecule has 0 aliphatic carbocycles. The summed E-state index contributed by atoms with van der Waals surface area (Å²) in [5.41, 5.74) is 2.82. The van der Waals surface area contributed by atoms with Gasteiger partial charge in [0.25, 0.3) is 0 Å². The highest BCUT2D eigenvalue weighted by Gasteiger charge is 2.17. The number of carbonyl (C=O) groups excluding carboxylic acids is 1. The van der Waals surface area contributed by atoms with Crippen LogP contribution in [0.2, 0.25) is 0 Å². The van der Waals surface area contributed by atoms with Gasteiger partial charge in [0.15, 0.2) is 0 Å². The van der Waals surface area contributed by atoms with Gasteiger partial charge in [-0.15, -0.1) is 0 Å². The number of fused-ring (bicyclic) bond motifs is 2.